The third kappa shape index (κ3) is 5.34. The number of amides is 1. The van der Waals surface area contributed by atoms with Gasteiger partial charge in [0.15, 0.2) is 6.61 Å². The maximum Gasteiger partial charge on any atom is 0.262 e. The number of aliphatic hydroxyl groups excluding tert-OH is 1. The van der Waals surface area contributed by atoms with Gasteiger partial charge < -0.3 is 15.2 Å². The molecule has 0 fully saturated rings. The molecular formula is C17H17Br2NO3. The van der Waals surface area contributed by atoms with Crippen LogP contribution < -0.4 is 10.1 Å². The SMILES string of the molecule is Cc1cccc(NC(=O)COc2c(Br)cc(CCO)cc2Br)c1. The van der Waals surface area contributed by atoms with Crippen LogP contribution in [0.5, 0.6) is 5.75 Å². The van der Waals surface area contributed by atoms with Gasteiger partial charge >= 0.3 is 0 Å². The van der Waals surface area contributed by atoms with Gasteiger partial charge in [-0.2, -0.15) is 0 Å². The van der Waals surface area contributed by atoms with Gasteiger partial charge in [0.2, 0.25) is 0 Å². The minimum Gasteiger partial charge on any atom is -0.481 e. The number of ether oxygens (including phenoxy) is 1. The van der Waals surface area contributed by atoms with Crippen LogP contribution in [0.2, 0.25) is 0 Å². The largest absolute Gasteiger partial charge is 0.481 e. The number of aliphatic hydroxyl groups is 1. The number of carbonyl (C=O) groups is 1. The van der Waals surface area contributed by atoms with Gasteiger partial charge in [-0.15, -0.1) is 0 Å². The maximum atomic E-state index is 12.0. The Hall–Kier alpha value is -1.37. The third-order valence-corrected chi connectivity index (χ3v) is 4.29. The first-order valence-corrected chi connectivity index (χ1v) is 8.66. The molecule has 2 rings (SSSR count). The molecule has 0 aliphatic carbocycles. The molecule has 0 saturated carbocycles. The van der Waals surface area contributed by atoms with Crippen LogP contribution in [0.3, 0.4) is 0 Å². The fourth-order valence-corrected chi connectivity index (χ4v) is 3.59. The Labute approximate surface area is 152 Å². The van der Waals surface area contributed by atoms with Crippen molar-refractivity contribution in [3.8, 4) is 5.75 Å². The van der Waals surface area contributed by atoms with E-state index in [4.69, 9.17) is 9.84 Å². The summed E-state index contributed by atoms with van der Waals surface area (Å²) in [6.07, 6.45) is 0.561. The van der Waals surface area contributed by atoms with E-state index in [-0.39, 0.29) is 19.1 Å². The van der Waals surface area contributed by atoms with Crippen molar-refractivity contribution in [1.29, 1.82) is 0 Å². The highest BCUT2D eigenvalue weighted by molar-refractivity contribution is 9.11. The van der Waals surface area contributed by atoms with Crippen molar-refractivity contribution in [2.24, 2.45) is 0 Å². The Morgan fingerprint density at radius 1 is 1.22 bits per heavy atom. The standard InChI is InChI=1S/C17H17Br2NO3/c1-11-3-2-4-13(7-11)20-16(22)10-23-17-14(18)8-12(5-6-21)9-15(17)19/h2-4,7-9,21H,5-6,10H2,1H3,(H,20,22). The van der Waals surface area contributed by atoms with Crippen LogP contribution in [0, 0.1) is 6.92 Å². The molecule has 0 unspecified atom stereocenters. The van der Waals surface area contributed by atoms with Crippen molar-refractivity contribution in [3.63, 3.8) is 0 Å². The minimum atomic E-state index is -0.228. The Balaban J connectivity index is 1.99. The minimum absolute atomic E-state index is 0.0813. The second-order valence-electron chi connectivity index (χ2n) is 5.07. The summed E-state index contributed by atoms with van der Waals surface area (Å²) in [5.74, 6) is 0.333. The number of anilines is 1. The van der Waals surface area contributed by atoms with Gasteiger partial charge in [-0.3, -0.25) is 4.79 Å². The quantitative estimate of drug-likeness (QED) is 0.708. The van der Waals surface area contributed by atoms with Gasteiger partial charge in [0.05, 0.1) is 8.95 Å². The summed E-state index contributed by atoms with van der Waals surface area (Å²) < 4.78 is 7.07. The molecule has 0 aliphatic heterocycles. The molecule has 1 amide bonds. The van der Waals surface area contributed by atoms with Crippen LogP contribution in [0.25, 0.3) is 0 Å². The fourth-order valence-electron chi connectivity index (χ4n) is 2.08. The second-order valence-corrected chi connectivity index (χ2v) is 6.78. The fraction of sp³-hybridized carbons (Fsp3) is 0.235. The van der Waals surface area contributed by atoms with Crippen molar-refractivity contribution in [1.82, 2.24) is 0 Å². The molecule has 2 aromatic rings. The first-order valence-electron chi connectivity index (χ1n) is 7.07. The van der Waals surface area contributed by atoms with Crippen LogP contribution in [0.15, 0.2) is 45.3 Å². The Kier molecular flexibility index (Phi) is 6.62. The van der Waals surface area contributed by atoms with Crippen LogP contribution in [0.4, 0.5) is 5.69 Å². The highest BCUT2D eigenvalue weighted by atomic mass is 79.9. The number of carbonyl (C=O) groups excluding carboxylic acids is 1. The molecule has 0 atom stereocenters. The molecule has 0 aliphatic rings. The third-order valence-electron chi connectivity index (χ3n) is 3.11. The summed E-state index contributed by atoms with van der Waals surface area (Å²) in [4.78, 5) is 12.0. The van der Waals surface area contributed by atoms with E-state index in [0.29, 0.717) is 12.2 Å². The Bertz CT molecular complexity index is 681. The normalized spacial score (nSPS) is 10.4. The van der Waals surface area contributed by atoms with Crippen molar-refractivity contribution in [3.05, 3.63) is 56.5 Å². The van der Waals surface area contributed by atoms with Gasteiger partial charge in [0, 0.05) is 12.3 Å². The summed E-state index contributed by atoms with van der Waals surface area (Å²) in [6, 6.07) is 11.3. The topological polar surface area (TPSA) is 58.6 Å². The smallest absolute Gasteiger partial charge is 0.262 e. The van der Waals surface area contributed by atoms with Crippen molar-refractivity contribution < 1.29 is 14.6 Å². The van der Waals surface area contributed by atoms with Crippen molar-refractivity contribution in [2.75, 3.05) is 18.5 Å². The monoisotopic (exact) mass is 441 g/mol. The van der Waals surface area contributed by atoms with Crippen LogP contribution >= 0.6 is 31.9 Å². The molecule has 0 saturated heterocycles. The lowest BCUT2D eigenvalue weighted by atomic mass is 10.1. The number of rotatable bonds is 6. The van der Waals surface area contributed by atoms with E-state index in [0.717, 1.165) is 25.8 Å². The molecule has 122 valence electrons. The predicted octanol–water partition coefficient (Wildman–Crippen LogP) is 4.07. The molecule has 23 heavy (non-hydrogen) atoms. The molecule has 0 radical (unpaired) electrons. The Morgan fingerprint density at radius 2 is 1.91 bits per heavy atom. The zero-order valence-corrected chi connectivity index (χ0v) is 15.8. The molecule has 0 bridgehead atoms. The number of aryl methyl sites for hydroxylation is 1. The molecular weight excluding hydrogens is 426 g/mol. The highest BCUT2D eigenvalue weighted by Gasteiger charge is 2.11. The van der Waals surface area contributed by atoms with E-state index in [2.05, 4.69) is 37.2 Å². The lowest BCUT2D eigenvalue weighted by Gasteiger charge is -2.12. The number of hydrogen-bond donors (Lipinski definition) is 2. The van der Waals surface area contributed by atoms with E-state index in [9.17, 15) is 4.79 Å². The summed E-state index contributed by atoms with van der Waals surface area (Å²) in [5.41, 5.74) is 2.80. The summed E-state index contributed by atoms with van der Waals surface area (Å²) in [7, 11) is 0. The van der Waals surface area contributed by atoms with Gasteiger partial charge in [-0.25, -0.2) is 0 Å². The summed E-state index contributed by atoms with van der Waals surface area (Å²) in [5, 5.41) is 11.8. The van der Waals surface area contributed by atoms with Crippen LogP contribution in [-0.4, -0.2) is 24.2 Å². The van der Waals surface area contributed by atoms with Gasteiger partial charge in [-0.1, -0.05) is 12.1 Å². The van der Waals surface area contributed by atoms with E-state index in [1.165, 1.54) is 0 Å². The lowest BCUT2D eigenvalue weighted by Crippen LogP contribution is -2.20. The van der Waals surface area contributed by atoms with E-state index < -0.39 is 0 Å². The average Bonchev–Trinajstić information content (AvgIpc) is 2.46. The number of benzene rings is 2. The molecule has 6 heteroatoms. The van der Waals surface area contributed by atoms with Crippen molar-refractivity contribution >= 4 is 43.5 Å². The summed E-state index contributed by atoms with van der Waals surface area (Å²) in [6.45, 7) is 1.96. The molecule has 2 aromatic carbocycles. The molecule has 2 N–H and O–H groups in total. The van der Waals surface area contributed by atoms with Crippen molar-refractivity contribution in [2.45, 2.75) is 13.3 Å². The predicted molar refractivity (Wildman–Crippen MR) is 97.9 cm³/mol. The molecule has 0 aromatic heterocycles. The maximum absolute atomic E-state index is 12.0. The summed E-state index contributed by atoms with van der Waals surface area (Å²) >= 11 is 6.85. The molecule has 0 spiro atoms. The number of nitrogens with one attached hydrogen (secondary N) is 1. The van der Waals surface area contributed by atoms with Gasteiger partial charge in [-0.05, 0) is 80.6 Å². The second kappa shape index (κ2) is 8.47. The van der Waals surface area contributed by atoms with Gasteiger partial charge in [0.1, 0.15) is 5.75 Å². The molecule has 4 nitrogen and oxygen atoms in total. The zero-order chi connectivity index (χ0) is 16.8. The lowest BCUT2D eigenvalue weighted by molar-refractivity contribution is -0.118. The highest BCUT2D eigenvalue weighted by Crippen LogP contribution is 2.34. The van der Waals surface area contributed by atoms with Crippen LogP contribution in [0.1, 0.15) is 11.1 Å². The first kappa shape index (κ1) is 18.0. The number of halogens is 2. The molecule has 0 heterocycles. The van der Waals surface area contributed by atoms with E-state index >= 15 is 0 Å². The zero-order valence-electron chi connectivity index (χ0n) is 12.6. The average molecular weight is 443 g/mol. The van der Waals surface area contributed by atoms with E-state index in [1.807, 2.05) is 43.3 Å². The number of hydrogen-bond acceptors (Lipinski definition) is 3. The first-order chi connectivity index (χ1) is 11.0. The Morgan fingerprint density at radius 3 is 2.52 bits per heavy atom. The van der Waals surface area contributed by atoms with Crippen LogP contribution in [-0.2, 0) is 11.2 Å². The van der Waals surface area contributed by atoms with Gasteiger partial charge in [0.25, 0.3) is 5.91 Å². The van der Waals surface area contributed by atoms with E-state index in [1.54, 1.807) is 0 Å².